The third-order valence-corrected chi connectivity index (χ3v) is 7.16. The van der Waals surface area contributed by atoms with Crippen molar-refractivity contribution < 1.29 is 27.5 Å². The van der Waals surface area contributed by atoms with Crippen LogP contribution >= 0.6 is 0 Å². The molecular formula is C28H29F3N6O3. The summed E-state index contributed by atoms with van der Waals surface area (Å²) in [6, 6.07) is 9.83. The highest BCUT2D eigenvalue weighted by Gasteiger charge is 2.36. The number of nitrogens with one attached hydrogen (secondary N) is 3. The second-order valence-electron chi connectivity index (χ2n) is 9.93. The van der Waals surface area contributed by atoms with Gasteiger partial charge in [-0.1, -0.05) is 12.1 Å². The molecule has 5 rings (SSSR count). The number of hydrogen-bond acceptors (Lipinski definition) is 8. The number of anilines is 4. The molecule has 1 aliphatic carbocycles. The number of nitrogens with zero attached hydrogens (tertiary/aromatic N) is 3. The highest BCUT2D eigenvalue weighted by molar-refractivity contribution is 6.05. The Hall–Kier alpha value is -4.19. The number of aryl methyl sites for hydroxylation is 1. The fourth-order valence-electron chi connectivity index (χ4n) is 4.97. The molecule has 0 spiro atoms. The third kappa shape index (κ3) is 5.86. The van der Waals surface area contributed by atoms with Gasteiger partial charge in [0.2, 0.25) is 5.95 Å². The zero-order valence-corrected chi connectivity index (χ0v) is 22.1. The second-order valence-corrected chi connectivity index (χ2v) is 9.93. The predicted molar refractivity (Wildman–Crippen MR) is 144 cm³/mol. The molecule has 12 heteroatoms. The van der Waals surface area contributed by atoms with E-state index in [1.165, 1.54) is 7.11 Å². The van der Waals surface area contributed by atoms with Crippen LogP contribution < -0.4 is 20.7 Å². The first-order valence-electron chi connectivity index (χ1n) is 12.9. The summed E-state index contributed by atoms with van der Waals surface area (Å²) < 4.78 is 46.9. The van der Waals surface area contributed by atoms with Crippen molar-refractivity contribution in [2.24, 2.45) is 0 Å². The van der Waals surface area contributed by atoms with Crippen LogP contribution in [0.2, 0.25) is 0 Å². The lowest BCUT2D eigenvalue weighted by atomic mass is 10.0. The maximum absolute atomic E-state index is 13.8. The maximum atomic E-state index is 13.8. The second kappa shape index (κ2) is 11.1. The van der Waals surface area contributed by atoms with Gasteiger partial charge < -0.3 is 25.6 Å². The van der Waals surface area contributed by atoms with E-state index < -0.39 is 17.6 Å². The number of piperidine rings is 1. The van der Waals surface area contributed by atoms with E-state index in [9.17, 15) is 22.8 Å². The molecule has 1 saturated heterocycles. The lowest BCUT2D eigenvalue weighted by Gasteiger charge is -2.29. The first kappa shape index (κ1) is 27.4. The molecule has 0 atom stereocenters. The quantitative estimate of drug-likeness (QED) is 0.377. The molecule has 0 radical (unpaired) electrons. The van der Waals surface area contributed by atoms with E-state index in [2.05, 4.69) is 30.8 Å². The van der Waals surface area contributed by atoms with Gasteiger partial charge in [-0.3, -0.25) is 9.59 Å². The number of carbonyl (C=O) groups is 2. The average Bonchev–Trinajstić information content (AvgIpc) is 3.31. The fourth-order valence-corrected chi connectivity index (χ4v) is 4.97. The van der Waals surface area contributed by atoms with Crippen molar-refractivity contribution in [3.8, 4) is 5.75 Å². The van der Waals surface area contributed by atoms with Crippen molar-refractivity contribution >= 4 is 34.8 Å². The molecule has 40 heavy (non-hydrogen) atoms. The number of fused-ring (bicyclic) bond motifs is 1. The molecule has 1 fully saturated rings. The number of hydrogen-bond donors (Lipinski definition) is 3. The minimum absolute atomic E-state index is 0.0834. The normalized spacial score (nSPS) is 16.0. The number of benzene rings is 2. The van der Waals surface area contributed by atoms with Gasteiger partial charge in [0.05, 0.1) is 18.5 Å². The number of aromatic nitrogens is 2. The molecule has 2 aromatic carbocycles. The van der Waals surface area contributed by atoms with Crippen LogP contribution in [0.25, 0.3) is 0 Å². The molecule has 0 bridgehead atoms. The summed E-state index contributed by atoms with van der Waals surface area (Å²) >= 11 is 0. The highest BCUT2D eigenvalue weighted by atomic mass is 19.4. The van der Waals surface area contributed by atoms with E-state index in [0.29, 0.717) is 41.6 Å². The van der Waals surface area contributed by atoms with E-state index >= 15 is 0 Å². The van der Waals surface area contributed by atoms with Crippen LogP contribution in [-0.4, -0.2) is 59.8 Å². The fraction of sp³-hybridized carbons (Fsp3) is 0.357. The van der Waals surface area contributed by atoms with E-state index in [-0.39, 0.29) is 29.4 Å². The number of halogens is 3. The minimum atomic E-state index is -4.73. The predicted octanol–water partition coefficient (Wildman–Crippen LogP) is 4.94. The van der Waals surface area contributed by atoms with Gasteiger partial charge in [-0.2, -0.15) is 18.2 Å². The van der Waals surface area contributed by atoms with Gasteiger partial charge in [-0.25, -0.2) is 4.98 Å². The Bertz CT molecular complexity index is 1440. The summed E-state index contributed by atoms with van der Waals surface area (Å²) in [5.74, 6) is -0.701. The summed E-state index contributed by atoms with van der Waals surface area (Å²) in [5.41, 5.74) is 1.08. The van der Waals surface area contributed by atoms with Crippen LogP contribution in [0.1, 0.15) is 51.1 Å². The van der Waals surface area contributed by atoms with Crippen molar-refractivity contribution in [2.75, 3.05) is 37.9 Å². The third-order valence-electron chi connectivity index (χ3n) is 7.16. The van der Waals surface area contributed by atoms with Crippen molar-refractivity contribution in [1.82, 2.24) is 20.2 Å². The van der Waals surface area contributed by atoms with Crippen LogP contribution in [0.5, 0.6) is 5.75 Å². The Kier molecular flexibility index (Phi) is 7.61. The van der Waals surface area contributed by atoms with E-state index in [1.54, 1.807) is 36.4 Å². The van der Waals surface area contributed by atoms with Gasteiger partial charge in [0.15, 0.2) is 5.78 Å². The monoisotopic (exact) mass is 554 g/mol. The summed E-state index contributed by atoms with van der Waals surface area (Å²) in [6.07, 6.45) is -1.48. The smallest absolute Gasteiger partial charge is 0.421 e. The molecule has 1 aliphatic heterocycles. The average molecular weight is 555 g/mol. The number of alkyl halides is 3. The Labute approximate surface area is 229 Å². The van der Waals surface area contributed by atoms with Crippen LogP contribution in [0.3, 0.4) is 0 Å². The first-order valence-corrected chi connectivity index (χ1v) is 12.9. The largest absolute Gasteiger partial charge is 0.495 e. The molecule has 3 N–H and O–H groups in total. The number of likely N-dealkylation sites (tertiary alicyclic amines) is 1. The van der Waals surface area contributed by atoms with E-state index in [1.807, 2.05) is 7.05 Å². The summed E-state index contributed by atoms with van der Waals surface area (Å²) in [5, 5.41) is 8.64. The summed E-state index contributed by atoms with van der Waals surface area (Å²) in [7, 11) is 3.47. The van der Waals surface area contributed by atoms with E-state index in [4.69, 9.17) is 4.74 Å². The van der Waals surface area contributed by atoms with Crippen molar-refractivity contribution in [3.05, 3.63) is 64.8 Å². The lowest BCUT2D eigenvalue weighted by molar-refractivity contribution is -0.137. The molecule has 2 heterocycles. The molecule has 1 aromatic heterocycles. The van der Waals surface area contributed by atoms with Gasteiger partial charge >= 0.3 is 6.18 Å². The summed E-state index contributed by atoms with van der Waals surface area (Å²) in [4.78, 5) is 35.4. The Balaban J connectivity index is 1.39. The number of Topliss-reactive ketones (excluding diaryl/α,β-unsaturated/α-hetero) is 1. The molecule has 0 saturated carbocycles. The number of ketones is 1. The number of ether oxygens (including phenoxy) is 1. The topological polar surface area (TPSA) is 108 Å². The molecular weight excluding hydrogens is 525 g/mol. The number of methoxy groups -OCH3 is 1. The first-order chi connectivity index (χ1) is 19.1. The van der Waals surface area contributed by atoms with Crippen LogP contribution in [0, 0.1) is 0 Å². The van der Waals surface area contributed by atoms with Crippen molar-refractivity contribution in [2.45, 2.75) is 37.9 Å². The zero-order chi connectivity index (χ0) is 28.4. The number of rotatable bonds is 7. The molecule has 9 nitrogen and oxygen atoms in total. The van der Waals surface area contributed by atoms with Crippen LogP contribution in [0.4, 0.5) is 36.3 Å². The lowest BCUT2D eigenvalue weighted by Crippen LogP contribution is -2.43. The standard InChI is InChI=1S/C28H29F3N6O3/c1-37-12-10-18(11-13-37)33-26(39)17-6-8-20(23(14-17)40-2)35-27-32-15-19(28(29,30)31)25(36-27)34-21-5-3-4-16-7-9-22(38)24(16)21/h3-6,8,14-15,18H,7,9-13H2,1-2H3,(H,33,39)(H2,32,34,35,36). The summed E-state index contributed by atoms with van der Waals surface area (Å²) in [6.45, 7) is 1.81. The van der Waals surface area contributed by atoms with Crippen LogP contribution in [-0.2, 0) is 12.6 Å². The highest BCUT2D eigenvalue weighted by Crippen LogP contribution is 2.38. The Morgan fingerprint density at radius 1 is 1.07 bits per heavy atom. The van der Waals surface area contributed by atoms with Crippen molar-refractivity contribution in [1.29, 1.82) is 0 Å². The Morgan fingerprint density at radius 3 is 2.58 bits per heavy atom. The zero-order valence-electron chi connectivity index (χ0n) is 22.1. The molecule has 210 valence electrons. The SMILES string of the molecule is COc1cc(C(=O)NC2CCN(C)CC2)ccc1Nc1ncc(C(F)(F)F)c(Nc2cccc3c2C(=O)CC3)n1. The van der Waals surface area contributed by atoms with Crippen molar-refractivity contribution in [3.63, 3.8) is 0 Å². The molecule has 0 unspecified atom stereocenters. The Morgan fingerprint density at radius 2 is 1.85 bits per heavy atom. The number of amides is 1. The molecule has 2 aliphatic rings. The van der Waals surface area contributed by atoms with Gasteiger partial charge in [0.1, 0.15) is 17.1 Å². The van der Waals surface area contributed by atoms with Gasteiger partial charge in [-0.05, 0) is 69.2 Å². The molecule has 1 amide bonds. The van der Waals surface area contributed by atoms with Gasteiger partial charge in [0, 0.05) is 29.8 Å². The number of carbonyl (C=O) groups excluding carboxylic acids is 2. The van der Waals surface area contributed by atoms with E-state index in [0.717, 1.165) is 31.5 Å². The minimum Gasteiger partial charge on any atom is -0.495 e. The molecule has 3 aromatic rings. The van der Waals surface area contributed by atoms with Crippen LogP contribution in [0.15, 0.2) is 42.6 Å². The van der Waals surface area contributed by atoms with Gasteiger partial charge in [0.25, 0.3) is 5.91 Å². The van der Waals surface area contributed by atoms with Gasteiger partial charge in [-0.15, -0.1) is 0 Å². The maximum Gasteiger partial charge on any atom is 0.421 e.